The smallest absolute Gasteiger partial charge is 0.125 e. The molecule has 0 bridgehead atoms. The van der Waals surface area contributed by atoms with Gasteiger partial charge in [0.15, 0.2) is 0 Å². The number of nitrogens with one attached hydrogen (secondary N) is 1. The molecule has 4 heteroatoms. The molecule has 0 aliphatic rings. The van der Waals surface area contributed by atoms with Crippen LogP contribution in [0.4, 0.5) is 17.2 Å². The van der Waals surface area contributed by atoms with Gasteiger partial charge in [-0.2, -0.15) is 0 Å². The van der Waals surface area contributed by atoms with Crippen molar-refractivity contribution < 1.29 is 5.11 Å². The number of phenolic OH excluding ortho intramolecular Hbond substituents is 1. The number of nitrogens with two attached hydrogens (primary N) is 1. The van der Waals surface area contributed by atoms with Crippen molar-refractivity contribution >= 4 is 17.2 Å². The Kier molecular flexibility index (Phi) is 2.41. The molecule has 2 rings (SSSR count). The van der Waals surface area contributed by atoms with Crippen molar-refractivity contribution in [2.24, 2.45) is 0 Å². The molecule has 0 radical (unpaired) electrons. The largest absolute Gasteiger partial charge is 0.508 e. The van der Waals surface area contributed by atoms with Gasteiger partial charge in [0.2, 0.25) is 0 Å². The molecule has 76 valence electrons. The highest BCUT2D eigenvalue weighted by Gasteiger charge is 1.95. The van der Waals surface area contributed by atoms with Crippen LogP contribution in [0, 0.1) is 0 Å². The molecule has 1 aromatic carbocycles. The second-order valence-electron chi connectivity index (χ2n) is 3.14. The number of pyridine rings is 1. The molecule has 4 nitrogen and oxygen atoms in total. The molecule has 0 saturated heterocycles. The van der Waals surface area contributed by atoms with E-state index in [1.807, 2.05) is 6.07 Å². The summed E-state index contributed by atoms with van der Waals surface area (Å²) in [5.74, 6) is 0.716. The Morgan fingerprint density at radius 2 is 1.80 bits per heavy atom. The van der Waals surface area contributed by atoms with Crippen LogP contribution in [0.25, 0.3) is 0 Å². The molecule has 15 heavy (non-hydrogen) atoms. The number of aromatic nitrogens is 1. The maximum absolute atomic E-state index is 9.11. The van der Waals surface area contributed by atoms with Crippen LogP contribution >= 0.6 is 0 Å². The number of nitrogen functional groups attached to an aromatic ring is 1. The summed E-state index contributed by atoms with van der Waals surface area (Å²) in [7, 11) is 0. The van der Waals surface area contributed by atoms with Crippen molar-refractivity contribution in [3.8, 4) is 5.75 Å². The van der Waals surface area contributed by atoms with Crippen LogP contribution in [0.3, 0.4) is 0 Å². The first kappa shape index (κ1) is 9.33. The van der Waals surface area contributed by atoms with Crippen LogP contribution < -0.4 is 11.1 Å². The fourth-order valence-corrected chi connectivity index (χ4v) is 1.24. The van der Waals surface area contributed by atoms with Gasteiger partial charge in [-0.25, -0.2) is 4.98 Å². The van der Waals surface area contributed by atoms with E-state index in [0.717, 1.165) is 11.4 Å². The third-order valence-electron chi connectivity index (χ3n) is 1.94. The lowest BCUT2D eigenvalue weighted by molar-refractivity contribution is 0.475. The highest BCUT2D eigenvalue weighted by atomic mass is 16.3. The summed E-state index contributed by atoms with van der Waals surface area (Å²) in [4.78, 5) is 3.89. The predicted octanol–water partition coefficient (Wildman–Crippen LogP) is 2.11. The average Bonchev–Trinajstić information content (AvgIpc) is 2.22. The van der Waals surface area contributed by atoms with Crippen molar-refractivity contribution in [2.75, 3.05) is 11.1 Å². The Bertz CT molecular complexity index is 454. The van der Waals surface area contributed by atoms with Crippen LogP contribution in [0.2, 0.25) is 0 Å². The lowest BCUT2D eigenvalue weighted by atomic mass is 10.3. The first-order valence-corrected chi connectivity index (χ1v) is 4.51. The number of hydrogen-bond donors (Lipinski definition) is 3. The van der Waals surface area contributed by atoms with Gasteiger partial charge in [0.05, 0.1) is 0 Å². The number of benzene rings is 1. The molecule has 0 saturated carbocycles. The summed E-state index contributed by atoms with van der Waals surface area (Å²) in [5.41, 5.74) is 7.30. The summed E-state index contributed by atoms with van der Waals surface area (Å²) < 4.78 is 0. The van der Waals surface area contributed by atoms with Gasteiger partial charge in [0.25, 0.3) is 0 Å². The van der Waals surface area contributed by atoms with Gasteiger partial charge in [-0.3, -0.25) is 0 Å². The normalized spacial score (nSPS) is 9.87. The summed E-state index contributed by atoms with van der Waals surface area (Å²) in [6.07, 6.45) is 1.64. The Labute approximate surface area is 87.4 Å². The van der Waals surface area contributed by atoms with E-state index in [-0.39, 0.29) is 5.75 Å². The summed E-state index contributed by atoms with van der Waals surface area (Å²) in [6.45, 7) is 0. The minimum Gasteiger partial charge on any atom is -0.508 e. The van der Waals surface area contributed by atoms with Crippen LogP contribution in [0.15, 0.2) is 42.6 Å². The van der Waals surface area contributed by atoms with Crippen molar-refractivity contribution in [3.63, 3.8) is 0 Å². The highest BCUT2D eigenvalue weighted by Crippen LogP contribution is 2.19. The Hall–Kier alpha value is -2.23. The van der Waals surface area contributed by atoms with Crippen LogP contribution in [-0.4, -0.2) is 10.1 Å². The molecule has 1 heterocycles. The maximum atomic E-state index is 9.11. The molecule has 0 spiro atoms. The van der Waals surface area contributed by atoms with E-state index in [4.69, 9.17) is 10.8 Å². The van der Waals surface area contributed by atoms with Gasteiger partial charge in [-0.1, -0.05) is 0 Å². The standard InChI is InChI=1S/C11H11N3O/c12-11-7-9(5-6-13-11)14-8-1-3-10(15)4-2-8/h1-7,15H,(H3,12,13,14). The fraction of sp³-hybridized carbons (Fsp3) is 0. The van der Waals surface area contributed by atoms with Gasteiger partial charge in [0, 0.05) is 23.6 Å². The minimum atomic E-state index is 0.245. The second kappa shape index (κ2) is 3.88. The van der Waals surface area contributed by atoms with Crippen LogP contribution in [0.1, 0.15) is 0 Å². The van der Waals surface area contributed by atoms with Gasteiger partial charge in [0.1, 0.15) is 11.6 Å². The minimum absolute atomic E-state index is 0.245. The maximum Gasteiger partial charge on any atom is 0.125 e. The van der Waals surface area contributed by atoms with E-state index >= 15 is 0 Å². The van der Waals surface area contributed by atoms with Gasteiger partial charge >= 0.3 is 0 Å². The third kappa shape index (κ3) is 2.37. The van der Waals surface area contributed by atoms with E-state index < -0.39 is 0 Å². The SMILES string of the molecule is Nc1cc(Nc2ccc(O)cc2)ccn1. The zero-order chi connectivity index (χ0) is 10.7. The number of hydrogen-bond acceptors (Lipinski definition) is 4. The molecular formula is C11H11N3O. The first-order chi connectivity index (χ1) is 7.24. The number of anilines is 3. The monoisotopic (exact) mass is 201 g/mol. The zero-order valence-corrected chi connectivity index (χ0v) is 8.01. The lowest BCUT2D eigenvalue weighted by Gasteiger charge is -2.06. The van der Waals surface area contributed by atoms with Crippen molar-refractivity contribution in [1.82, 2.24) is 4.98 Å². The molecule has 0 aliphatic carbocycles. The summed E-state index contributed by atoms with van der Waals surface area (Å²) in [6, 6.07) is 10.4. The Morgan fingerprint density at radius 1 is 1.07 bits per heavy atom. The summed E-state index contributed by atoms with van der Waals surface area (Å²) in [5, 5.41) is 12.2. The Balaban J connectivity index is 2.18. The van der Waals surface area contributed by atoms with Crippen molar-refractivity contribution in [2.45, 2.75) is 0 Å². The molecule has 0 fully saturated rings. The molecule has 0 unspecified atom stereocenters. The zero-order valence-electron chi connectivity index (χ0n) is 8.01. The van der Waals surface area contributed by atoms with Crippen LogP contribution in [-0.2, 0) is 0 Å². The predicted molar refractivity (Wildman–Crippen MR) is 60.0 cm³/mol. The fourth-order valence-electron chi connectivity index (χ4n) is 1.24. The molecule has 4 N–H and O–H groups in total. The third-order valence-corrected chi connectivity index (χ3v) is 1.94. The summed E-state index contributed by atoms with van der Waals surface area (Å²) >= 11 is 0. The second-order valence-corrected chi connectivity index (χ2v) is 3.14. The highest BCUT2D eigenvalue weighted by molar-refractivity contribution is 5.62. The number of phenols is 1. The van der Waals surface area contributed by atoms with E-state index in [0.29, 0.717) is 5.82 Å². The molecule has 0 atom stereocenters. The Morgan fingerprint density at radius 3 is 2.47 bits per heavy atom. The van der Waals surface area contributed by atoms with Gasteiger partial charge in [-0.05, 0) is 30.3 Å². The quantitative estimate of drug-likeness (QED) is 0.651. The molecule has 0 amide bonds. The van der Waals surface area contributed by atoms with E-state index in [1.54, 1.807) is 36.5 Å². The number of rotatable bonds is 2. The van der Waals surface area contributed by atoms with Crippen molar-refractivity contribution in [1.29, 1.82) is 0 Å². The number of aromatic hydroxyl groups is 1. The van der Waals surface area contributed by atoms with Crippen molar-refractivity contribution in [3.05, 3.63) is 42.6 Å². The van der Waals surface area contributed by atoms with E-state index in [1.165, 1.54) is 0 Å². The average molecular weight is 201 g/mol. The lowest BCUT2D eigenvalue weighted by Crippen LogP contribution is -1.93. The van der Waals surface area contributed by atoms with Gasteiger partial charge < -0.3 is 16.2 Å². The molecule has 0 aliphatic heterocycles. The topological polar surface area (TPSA) is 71.2 Å². The van der Waals surface area contributed by atoms with E-state index in [2.05, 4.69) is 10.3 Å². The van der Waals surface area contributed by atoms with E-state index in [9.17, 15) is 0 Å². The molecule has 1 aromatic heterocycles. The first-order valence-electron chi connectivity index (χ1n) is 4.51. The number of nitrogens with zero attached hydrogens (tertiary/aromatic N) is 1. The molecule has 2 aromatic rings. The van der Waals surface area contributed by atoms with Crippen LogP contribution in [0.5, 0.6) is 5.75 Å². The molecular weight excluding hydrogens is 190 g/mol. The van der Waals surface area contributed by atoms with Gasteiger partial charge in [-0.15, -0.1) is 0 Å².